The van der Waals surface area contributed by atoms with Crippen LogP contribution in [0.1, 0.15) is 29.1 Å². The third kappa shape index (κ3) is 6.39. The Morgan fingerprint density at radius 3 is 3.05 bits per heavy atom. The summed E-state index contributed by atoms with van der Waals surface area (Å²) in [5, 5.41) is 13.1. The smallest absolute Gasteiger partial charge is 0.252 e. The molecule has 19 heavy (non-hydrogen) atoms. The van der Waals surface area contributed by atoms with Crippen molar-refractivity contribution in [3.63, 3.8) is 0 Å². The first-order chi connectivity index (χ1) is 9.13. The number of hydrogen-bond acceptors (Lipinski definition) is 4. The van der Waals surface area contributed by atoms with E-state index in [-0.39, 0.29) is 12.5 Å². The topological polar surface area (TPSA) is 58.6 Å². The highest BCUT2D eigenvalue weighted by Crippen LogP contribution is 2.13. The average Bonchev–Trinajstić information content (AvgIpc) is 2.84. The maximum atomic E-state index is 11.8. The second-order valence-corrected chi connectivity index (χ2v) is 5.30. The summed E-state index contributed by atoms with van der Waals surface area (Å²) in [6.07, 6.45) is 0. The van der Waals surface area contributed by atoms with Gasteiger partial charge in [0.05, 0.1) is 17.0 Å². The number of hydrogen-bond donors (Lipinski definition) is 2. The summed E-state index contributed by atoms with van der Waals surface area (Å²) in [6.45, 7) is 5.71. The SMILES string of the molecule is CC(C)COCCNC(=O)c1csc(C#CCO)c1. The van der Waals surface area contributed by atoms with E-state index in [0.717, 1.165) is 4.88 Å². The van der Waals surface area contributed by atoms with Crippen LogP contribution in [-0.2, 0) is 4.74 Å². The predicted molar refractivity (Wildman–Crippen MR) is 76.3 cm³/mol. The summed E-state index contributed by atoms with van der Waals surface area (Å²) in [5.41, 5.74) is 0.594. The lowest BCUT2D eigenvalue weighted by Gasteiger charge is -2.07. The minimum atomic E-state index is -0.174. The summed E-state index contributed by atoms with van der Waals surface area (Å²) >= 11 is 1.39. The Kier molecular flexibility index (Phi) is 7.19. The highest BCUT2D eigenvalue weighted by molar-refractivity contribution is 7.10. The van der Waals surface area contributed by atoms with Crippen molar-refractivity contribution in [2.75, 3.05) is 26.4 Å². The van der Waals surface area contributed by atoms with Gasteiger partial charge in [-0.1, -0.05) is 25.7 Å². The van der Waals surface area contributed by atoms with Gasteiger partial charge in [-0.15, -0.1) is 11.3 Å². The molecular formula is C14H19NO3S. The standard InChI is InChI=1S/C14H19NO3S/c1-11(2)9-18-7-5-15-14(17)12-8-13(19-10-12)4-3-6-16/h8,10-11,16H,5-7,9H2,1-2H3,(H,15,17). The number of aliphatic hydroxyl groups is 1. The van der Waals surface area contributed by atoms with E-state index in [0.29, 0.717) is 31.2 Å². The van der Waals surface area contributed by atoms with Crippen molar-refractivity contribution in [2.45, 2.75) is 13.8 Å². The van der Waals surface area contributed by atoms with Crippen molar-refractivity contribution in [3.05, 3.63) is 21.9 Å². The number of carbonyl (C=O) groups excluding carboxylic acids is 1. The first-order valence-corrected chi connectivity index (χ1v) is 7.05. The highest BCUT2D eigenvalue weighted by Gasteiger charge is 2.07. The largest absolute Gasteiger partial charge is 0.384 e. The number of aliphatic hydroxyl groups excluding tert-OH is 1. The van der Waals surface area contributed by atoms with Crippen LogP contribution < -0.4 is 5.32 Å². The summed E-state index contributed by atoms with van der Waals surface area (Å²) in [7, 11) is 0. The lowest BCUT2D eigenvalue weighted by atomic mass is 10.2. The van der Waals surface area contributed by atoms with Crippen molar-refractivity contribution in [3.8, 4) is 11.8 Å². The van der Waals surface area contributed by atoms with Crippen LogP contribution in [0.2, 0.25) is 0 Å². The second-order valence-electron chi connectivity index (χ2n) is 4.38. The van der Waals surface area contributed by atoms with Crippen molar-refractivity contribution in [1.82, 2.24) is 5.32 Å². The zero-order valence-electron chi connectivity index (χ0n) is 11.2. The first kappa shape index (κ1) is 15.7. The van der Waals surface area contributed by atoms with E-state index >= 15 is 0 Å². The molecule has 0 aliphatic carbocycles. The van der Waals surface area contributed by atoms with Gasteiger partial charge in [-0.3, -0.25) is 4.79 Å². The van der Waals surface area contributed by atoms with E-state index in [1.807, 2.05) is 0 Å². The predicted octanol–water partition coefficient (Wildman–Crippen LogP) is 1.49. The average molecular weight is 281 g/mol. The van der Waals surface area contributed by atoms with Gasteiger partial charge >= 0.3 is 0 Å². The van der Waals surface area contributed by atoms with Crippen LogP contribution in [0, 0.1) is 17.8 Å². The third-order valence-electron chi connectivity index (χ3n) is 2.14. The molecule has 0 atom stereocenters. The molecule has 1 aromatic heterocycles. The molecule has 1 heterocycles. The molecular weight excluding hydrogens is 262 g/mol. The Morgan fingerprint density at radius 1 is 1.58 bits per heavy atom. The lowest BCUT2D eigenvalue weighted by Crippen LogP contribution is -2.27. The van der Waals surface area contributed by atoms with Crippen LogP contribution >= 0.6 is 11.3 Å². The van der Waals surface area contributed by atoms with E-state index in [1.165, 1.54) is 11.3 Å². The van der Waals surface area contributed by atoms with Crippen molar-refractivity contribution in [2.24, 2.45) is 5.92 Å². The molecule has 4 nitrogen and oxygen atoms in total. The Labute approximate surface area is 117 Å². The molecule has 1 aromatic rings. The van der Waals surface area contributed by atoms with E-state index in [2.05, 4.69) is 31.0 Å². The highest BCUT2D eigenvalue weighted by atomic mass is 32.1. The Balaban J connectivity index is 2.31. The van der Waals surface area contributed by atoms with Crippen LogP contribution in [-0.4, -0.2) is 37.4 Å². The molecule has 0 fully saturated rings. The first-order valence-electron chi connectivity index (χ1n) is 6.17. The van der Waals surface area contributed by atoms with Gasteiger partial charge in [0.25, 0.3) is 5.91 Å². The molecule has 2 N–H and O–H groups in total. The van der Waals surface area contributed by atoms with Gasteiger partial charge in [-0.25, -0.2) is 0 Å². The van der Waals surface area contributed by atoms with Gasteiger partial charge in [-0.2, -0.15) is 0 Å². The molecule has 0 aromatic carbocycles. The Bertz CT molecular complexity index is 457. The van der Waals surface area contributed by atoms with Crippen molar-refractivity contribution in [1.29, 1.82) is 0 Å². The molecule has 0 radical (unpaired) electrons. The lowest BCUT2D eigenvalue weighted by molar-refractivity contribution is 0.0886. The molecule has 0 unspecified atom stereocenters. The van der Waals surface area contributed by atoms with Gasteiger partial charge in [0.15, 0.2) is 0 Å². The number of amides is 1. The molecule has 0 aliphatic rings. The van der Waals surface area contributed by atoms with Gasteiger partial charge < -0.3 is 15.2 Å². The van der Waals surface area contributed by atoms with E-state index in [9.17, 15) is 4.79 Å². The van der Waals surface area contributed by atoms with Crippen molar-refractivity contribution >= 4 is 17.2 Å². The van der Waals surface area contributed by atoms with Gasteiger partial charge in [0.2, 0.25) is 0 Å². The molecule has 1 amide bonds. The van der Waals surface area contributed by atoms with Crippen LogP contribution in [0.4, 0.5) is 0 Å². The van der Waals surface area contributed by atoms with Crippen LogP contribution in [0.5, 0.6) is 0 Å². The molecule has 0 aliphatic heterocycles. The van der Waals surface area contributed by atoms with E-state index in [4.69, 9.17) is 9.84 Å². The van der Waals surface area contributed by atoms with Crippen LogP contribution in [0.25, 0.3) is 0 Å². The van der Waals surface area contributed by atoms with Crippen LogP contribution in [0.15, 0.2) is 11.4 Å². The summed E-state index contributed by atoms with van der Waals surface area (Å²) in [5.74, 6) is 5.70. The monoisotopic (exact) mass is 281 g/mol. The molecule has 0 spiro atoms. The molecule has 0 saturated heterocycles. The minimum Gasteiger partial charge on any atom is -0.384 e. The molecule has 0 saturated carbocycles. The molecule has 5 heteroatoms. The second kappa shape index (κ2) is 8.70. The summed E-state index contributed by atoms with van der Waals surface area (Å²) in [6, 6.07) is 1.72. The van der Waals surface area contributed by atoms with Crippen LogP contribution in [0.3, 0.4) is 0 Å². The fourth-order valence-electron chi connectivity index (χ4n) is 1.31. The maximum absolute atomic E-state index is 11.8. The number of ether oxygens (including phenoxy) is 1. The van der Waals surface area contributed by atoms with Gasteiger partial charge in [-0.05, 0) is 12.0 Å². The number of rotatable bonds is 6. The van der Waals surface area contributed by atoms with Gasteiger partial charge in [0, 0.05) is 18.5 Å². The van der Waals surface area contributed by atoms with Crippen molar-refractivity contribution < 1.29 is 14.6 Å². The maximum Gasteiger partial charge on any atom is 0.252 e. The molecule has 104 valence electrons. The zero-order valence-corrected chi connectivity index (χ0v) is 12.0. The van der Waals surface area contributed by atoms with Gasteiger partial charge in [0.1, 0.15) is 6.61 Å². The number of thiophene rings is 1. The molecule has 0 bridgehead atoms. The molecule has 1 rings (SSSR count). The number of nitrogens with one attached hydrogen (secondary N) is 1. The minimum absolute atomic E-state index is 0.124. The summed E-state index contributed by atoms with van der Waals surface area (Å²) in [4.78, 5) is 12.5. The fraction of sp³-hybridized carbons (Fsp3) is 0.500. The van der Waals surface area contributed by atoms with E-state index in [1.54, 1.807) is 11.4 Å². The fourth-order valence-corrected chi connectivity index (χ4v) is 2.06. The normalized spacial score (nSPS) is 10.1. The number of carbonyl (C=O) groups is 1. The summed E-state index contributed by atoms with van der Waals surface area (Å²) < 4.78 is 5.38. The Morgan fingerprint density at radius 2 is 2.37 bits per heavy atom. The third-order valence-corrected chi connectivity index (χ3v) is 2.98. The quantitative estimate of drug-likeness (QED) is 0.613. The zero-order chi connectivity index (χ0) is 14.1. The Hall–Kier alpha value is -1.35. The van der Waals surface area contributed by atoms with E-state index < -0.39 is 0 Å².